The topological polar surface area (TPSA) is 118 Å². The summed E-state index contributed by atoms with van der Waals surface area (Å²) in [6, 6.07) is 5.49. The molecule has 0 radical (unpaired) electrons. The lowest BCUT2D eigenvalue weighted by molar-refractivity contribution is -0.138. The highest BCUT2D eigenvalue weighted by Crippen LogP contribution is 2.34. The molecule has 2 N–H and O–H groups in total. The van der Waals surface area contributed by atoms with Gasteiger partial charge in [-0.1, -0.05) is 41.5 Å². The molecule has 0 aliphatic heterocycles. The molecule has 0 heterocycles. The van der Waals surface area contributed by atoms with E-state index in [0.717, 1.165) is 38.6 Å². The number of carbonyl (C=O) groups is 2. The van der Waals surface area contributed by atoms with Crippen molar-refractivity contribution >= 4 is 34.9 Å². The summed E-state index contributed by atoms with van der Waals surface area (Å²) in [7, 11) is 1.96. The van der Waals surface area contributed by atoms with Gasteiger partial charge in [-0.2, -0.15) is 26.3 Å². The standard InChI is InChI=1S/C10H7ClF3NO3.C10H8F3NO3.CH4/c1-18-9(16)6-3-2-5(8(11)15-17)4-7(6)10(12,13)14;1-17-9(15)7-3-2-6(5-14-16)4-8(7)10(11,12)13;/h2-4,17H,1H3;2-5,16H,1H3;1H4/b15-8-;14-5+;. The first-order valence-corrected chi connectivity index (χ1v) is 9.23. The van der Waals surface area contributed by atoms with E-state index < -0.39 is 51.7 Å². The molecular weight excluding hydrogens is 526 g/mol. The molecule has 2 aromatic carbocycles. The number of methoxy groups -OCH3 is 2. The van der Waals surface area contributed by atoms with Gasteiger partial charge in [0.15, 0.2) is 5.17 Å². The number of alkyl halides is 6. The minimum absolute atomic E-state index is 0. The Morgan fingerprint density at radius 2 is 1.31 bits per heavy atom. The second-order valence-corrected chi connectivity index (χ2v) is 6.54. The number of carbonyl (C=O) groups excluding carboxylic acids is 2. The van der Waals surface area contributed by atoms with Crippen LogP contribution >= 0.6 is 11.6 Å². The number of halogens is 7. The molecule has 0 saturated carbocycles. The highest BCUT2D eigenvalue weighted by atomic mass is 35.5. The number of oxime groups is 2. The van der Waals surface area contributed by atoms with Crippen LogP contribution in [0.1, 0.15) is 50.4 Å². The average Bonchev–Trinajstić information content (AvgIpc) is 2.81. The monoisotopic (exact) mass is 544 g/mol. The Morgan fingerprint density at radius 1 is 0.861 bits per heavy atom. The molecule has 198 valence electrons. The maximum Gasteiger partial charge on any atom is 0.417 e. The molecule has 8 nitrogen and oxygen atoms in total. The SMILES string of the molecule is C.COC(=O)c1ccc(/C(Cl)=N/O)cc1C(F)(F)F.COC(=O)c1ccc(/C=N/O)cc1C(F)(F)F. The number of benzene rings is 2. The molecule has 0 spiro atoms. The van der Waals surface area contributed by atoms with Crippen LogP contribution < -0.4 is 0 Å². The van der Waals surface area contributed by atoms with Gasteiger partial charge in [0.05, 0.1) is 42.7 Å². The van der Waals surface area contributed by atoms with Gasteiger partial charge in [0.1, 0.15) is 0 Å². The fourth-order valence-electron chi connectivity index (χ4n) is 2.48. The minimum Gasteiger partial charge on any atom is -0.465 e. The van der Waals surface area contributed by atoms with Crippen molar-refractivity contribution in [1.29, 1.82) is 0 Å². The summed E-state index contributed by atoms with van der Waals surface area (Å²) >= 11 is 5.39. The number of ether oxygens (including phenoxy) is 2. The zero-order valence-corrected chi connectivity index (χ0v) is 18.4. The first-order valence-electron chi connectivity index (χ1n) is 8.85. The molecule has 0 aromatic heterocycles. The summed E-state index contributed by atoms with van der Waals surface area (Å²) in [5.41, 5.74) is -3.73. The second-order valence-electron chi connectivity index (χ2n) is 6.18. The van der Waals surface area contributed by atoms with Gasteiger partial charge < -0.3 is 19.9 Å². The Morgan fingerprint density at radius 3 is 1.69 bits per heavy atom. The van der Waals surface area contributed by atoms with Crippen LogP contribution in [-0.2, 0) is 21.8 Å². The van der Waals surface area contributed by atoms with E-state index in [9.17, 15) is 35.9 Å². The van der Waals surface area contributed by atoms with Gasteiger partial charge >= 0.3 is 24.3 Å². The maximum atomic E-state index is 12.7. The van der Waals surface area contributed by atoms with Crippen LogP contribution in [0, 0.1) is 0 Å². The van der Waals surface area contributed by atoms with Crippen LogP contribution in [0.2, 0.25) is 0 Å². The summed E-state index contributed by atoms with van der Waals surface area (Å²) in [6.07, 6.45) is -8.62. The summed E-state index contributed by atoms with van der Waals surface area (Å²) < 4.78 is 84.7. The lowest BCUT2D eigenvalue weighted by Gasteiger charge is -2.12. The molecule has 0 atom stereocenters. The minimum atomic E-state index is -4.76. The quantitative estimate of drug-likeness (QED) is 0.165. The van der Waals surface area contributed by atoms with Gasteiger partial charge in [-0.25, -0.2) is 9.59 Å². The van der Waals surface area contributed by atoms with Gasteiger partial charge in [0, 0.05) is 5.56 Å². The lowest BCUT2D eigenvalue weighted by Crippen LogP contribution is -2.15. The fourth-order valence-corrected chi connectivity index (χ4v) is 2.60. The molecule has 0 amide bonds. The van der Waals surface area contributed by atoms with Crippen molar-refractivity contribution in [3.8, 4) is 0 Å². The zero-order chi connectivity index (χ0) is 27.0. The van der Waals surface area contributed by atoms with Gasteiger partial charge in [-0.05, 0) is 29.8 Å². The van der Waals surface area contributed by atoms with E-state index >= 15 is 0 Å². The number of hydrogen-bond acceptors (Lipinski definition) is 8. The van der Waals surface area contributed by atoms with Gasteiger partial charge in [-0.15, -0.1) is 0 Å². The molecule has 36 heavy (non-hydrogen) atoms. The fraction of sp³-hybridized carbons (Fsp3) is 0.238. The van der Waals surface area contributed by atoms with Crippen LogP contribution in [-0.4, -0.2) is 48.0 Å². The predicted octanol–water partition coefficient (Wildman–Crippen LogP) is 5.80. The third kappa shape index (κ3) is 8.45. The molecule has 2 rings (SSSR count). The largest absolute Gasteiger partial charge is 0.465 e. The first-order chi connectivity index (χ1) is 16.2. The van der Waals surface area contributed by atoms with Crippen molar-refractivity contribution in [2.75, 3.05) is 14.2 Å². The molecule has 0 aliphatic rings. The Hall–Kier alpha value is -3.81. The van der Waals surface area contributed by atoms with Crippen molar-refractivity contribution in [2.24, 2.45) is 10.3 Å². The summed E-state index contributed by atoms with van der Waals surface area (Å²) in [5, 5.41) is 21.3. The van der Waals surface area contributed by atoms with Crippen molar-refractivity contribution < 1.29 is 55.8 Å². The van der Waals surface area contributed by atoms with Crippen LogP contribution in [0.15, 0.2) is 46.7 Å². The summed E-state index contributed by atoms with van der Waals surface area (Å²) in [4.78, 5) is 22.3. The van der Waals surface area contributed by atoms with Gasteiger partial charge in [-0.3, -0.25) is 0 Å². The van der Waals surface area contributed by atoms with Crippen molar-refractivity contribution in [2.45, 2.75) is 19.8 Å². The molecule has 0 saturated heterocycles. The maximum absolute atomic E-state index is 12.7. The van der Waals surface area contributed by atoms with Crippen LogP contribution in [0.25, 0.3) is 0 Å². The smallest absolute Gasteiger partial charge is 0.417 e. The van der Waals surface area contributed by atoms with E-state index in [2.05, 4.69) is 19.8 Å². The molecule has 0 bridgehead atoms. The molecule has 0 unspecified atom stereocenters. The second kappa shape index (κ2) is 13.3. The molecule has 15 heteroatoms. The zero-order valence-electron chi connectivity index (χ0n) is 17.6. The third-order valence-electron chi connectivity index (χ3n) is 4.02. The Labute approximate surface area is 205 Å². The van der Waals surface area contributed by atoms with Crippen molar-refractivity contribution in [3.05, 3.63) is 69.8 Å². The normalized spacial score (nSPS) is 11.8. The number of rotatable bonds is 4. The molecule has 0 aliphatic carbocycles. The molecule has 0 fully saturated rings. The molecule has 2 aromatic rings. The average molecular weight is 545 g/mol. The van der Waals surface area contributed by atoms with Crippen LogP contribution in [0.3, 0.4) is 0 Å². The van der Waals surface area contributed by atoms with E-state index in [1.165, 1.54) is 6.07 Å². The Kier molecular flexibility index (Phi) is 11.9. The highest BCUT2D eigenvalue weighted by molar-refractivity contribution is 6.69. The lowest BCUT2D eigenvalue weighted by atomic mass is 10.0. The predicted molar refractivity (Wildman–Crippen MR) is 116 cm³/mol. The summed E-state index contributed by atoms with van der Waals surface area (Å²) in [6.45, 7) is 0. The third-order valence-corrected chi connectivity index (χ3v) is 4.31. The van der Waals surface area contributed by atoms with Crippen LogP contribution in [0.4, 0.5) is 26.3 Å². The van der Waals surface area contributed by atoms with Gasteiger partial charge in [0.25, 0.3) is 0 Å². The Bertz CT molecular complexity index is 1130. The number of nitrogens with zero attached hydrogens (tertiary/aromatic N) is 2. The highest BCUT2D eigenvalue weighted by Gasteiger charge is 2.37. The van der Waals surface area contributed by atoms with Crippen molar-refractivity contribution in [3.63, 3.8) is 0 Å². The van der Waals surface area contributed by atoms with E-state index in [1.54, 1.807) is 0 Å². The number of hydrogen-bond donors (Lipinski definition) is 2. The Balaban J connectivity index is 0.000000663. The summed E-state index contributed by atoms with van der Waals surface area (Å²) in [5.74, 6) is -2.20. The van der Waals surface area contributed by atoms with E-state index in [1.807, 2.05) is 0 Å². The van der Waals surface area contributed by atoms with E-state index in [0.29, 0.717) is 12.1 Å². The van der Waals surface area contributed by atoms with Gasteiger partial charge in [0.2, 0.25) is 0 Å². The number of esters is 2. The molecular formula is C21H19ClF6N2O6. The first kappa shape index (κ1) is 32.2. The van der Waals surface area contributed by atoms with Crippen molar-refractivity contribution in [1.82, 2.24) is 0 Å². The van der Waals surface area contributed by atoms with E-state index in [-0.39, 0.29) is 18.6 Å². The van der Waals surface area contributed by atoms with Crippen LogP contribution in [0.5, 0.6) is 0 Å². The van der Waals surface area contributed by atoms with E-state index in [4.69, 9.17) is 22.0 Å².